The van der Waals surface area contributed by atoms with Crippen molar-refractivity contribution in [2.75, 3.05) is 6.61 Å². The molecule has 0 saturated carbocycles. The number of esters is 1. The van der Waals surface area contributed by atoms with Crippen molar-refractivity contribution >= 4 is 41.1 Å². The Morgan fingerprint density at radius 2 is 1.82 bits per heavy atom. The molecule has 5 nitrogen and oxygen atoms in total. The molecule has 7 heteroatoms. The summed E-state index contributed by atoms with van der Waals surface area (Å²) in [6, 6.07) is 3.74. The number of halogens is 1. The van der Waals surface area contributed by atoms with E-state index in [4.69, 9.17) is 25.6 Å². The summed E-state index contributed by atoms with van der Waals surface area (Å²) < 4.78 is 17.6. The number of hydrogen-bond donors (Lipinski definition) is 0. The summed E-state index contributed by atoms with van der Waals surface area (Å²) in [5.41, 5.74) is 1.88. The Morgan fingerprint density at radius 1 is 1.21 bits per heavy atom. The predicted molar refractivity (Wildman–Crippen MR) is 113 cm³/mol. The summed E-state index contributed by atoms with van der Waals surface area (Å²) in [6.45, 7) is 14.2. The van der Waals surface area contributed by atoms with Crippen molar-refractivity contribution in [3.8, 4) is 0 Å². The van der Waals surface area contributed by atoms with Crippen LogP contribution in [0.5, 0.6) is 0 Å². The van der Waals surface area contributed by atoms with Gasteiger partial charge in [0.05, 0.1) is 28.9 Å². The van der Waals surface area contributed by atoms with E-state index in [1.165, 1.54) is 0 Å². The molecule has 0 bridgehead atoms. The fraction of sp³-hybridized carbons (Fsp3) is 0.524. The van der Waals surface area contributed by atoms with E-state index < -0.39 is 18.3 Å². The zero-order chi connectivity index (χ0) is 20.9. The Labute approximate surface area is 171 Å². The number of carbonyl (C=O) groups excluding carboxylic acids is 1. The van der Waals surface area contributed by atoms with Crippen LogP contribution < -0.4 is 5.46 Å². The summed E-state index contributed by atoms with van der Waals surface area (Å²) in [6.07, 6.45) is 1.57. The van der Waals surface area contributed by atoms with Crippen LogP contribution in [0.15, 0.2) is 18.3 Å². The number of benzene rings is 1. The van der Waals surface area contributed by atoms with Crippen molar-refractivity contribution in [2.45, 2.75) is 65.6 Å². The van der Waals surface area contributed by atoms with Crippen LogP contribution in [-0.2, 0) is 14.0 Å². The molecule has 150 valence electrons. The van der Waals surface area contributed by atoms with Crippen molar-refractivity contribution in [3.05, 3.63) is 34.5 Å². The highest BCUT2D eigenvalue weighted by Crippen LogP contribution is 2.38. The first-order valence-corrected chi connectivity index (χ1v) is 10.0. The largest absolute Gasteiger partial charge is 0.496 e. The predicted octanol–water partition coefficient (Wildman–Crippen LogP) is 4.49. The van der Waals surface area contributed by atoms with Gasteiger partial charge in [-0.1, -0.05) is 31.5 Å². The van der Waals surface area contributed by atoms with Gasteiger partial charge in [-0.3, -0.25) is 4.98 Å². The van der Waals surface area contributed by atoms with Crippen LogP contribution in [0.4, 0.5) is 0 Å². The minimum atomic E-state index is -0.590. The SMILES string of the molecule is CCOC(=O)c1cnc2cc(Cl)c(B3OC(C)(C)C(C)(C)O3)cc2c1C(C)C. The van der Waals surface area contributed by atoms with E-state index in [0.29, 0.717) is 17.2 Å². The molecule has 0 unspecified atom stereocenters. The molecular formula is C21H27BClNO4. The Morgan fingerprint density at radius 3 is 2.36 bits per heavy atom. The molecule has 28 heavy (non-hydrogen) atoms. The number of ether oxygens (including phenoxy) is 1. The molecule has 0 spiro atoms. The third kappa shape index (κ3) is 3.54. The second-order valence-corrected chi connectivity index (χ2v) is 8.85. The summed E-state index contributed by atoms with van der Waals surface area (Å²) in [4.78, 5) is 16.9. The molecule has 1 saturated heterocycles. The van der Waals surface area contributed by atoms with Crippen molar-refractivity contribution in [1.29, 1.82) is 0 Å². The Kier molecular flexibility index (Phi) is 5.52. The van der Waals surface area contributed by atoms with Gasteiger partial charge < -0.3 is 14.0 Å². The zero-order valence-corrected chi connectivity index (χ0v) is 18.3. The first kappa shape index (κ1) is 21.1. The monoisotopic (exact) mass is 403 g/mol. The van der Waals surface area contributed by atoms with Crippen LogP contribution >= 0.6 is 11.6 Å². The molecule has 0 aliphatic carbocycles. The van der Waals surface area contributed by atoms with Crippen LogP contribution in [0.25, 0.3) is 10.9 Å². The van der Waals surface area contributed by atoms with Gasteiger partial charge >= 0.3 is 13.1 Å². The molecule has 2 heterocycles. The Hall–Kier alpha value is -1.63. The number of pyridine rings is 1. The highest BCUT2D eigenvalue weighted by molar-refractivity contribution is 6.66. The van der Waals surface area contributed by atoms with Crippen LogP contribution in [0.1, 0.15) is 70.3 Å². The first-order valence-electron chi connectivity index (χ1n) is 9.63. The fourth-order valence-corrected chi connectivity index (χ4v) is 3.64. The number of fused-ring (bicyclic) bond motifs is 1. The van der Waals surface area contributed by atoms with Gasteiger partial charge in [0.15, 0.2) is 0 Å². The normalized spacial score (nSPS) is 18.1. The summed E-state index contributed by atoms with van der Waals surface area (Å²) in [5.74, 6) is -0.273. The molecular weight excluding hydrogens is 376 g/mol. The average Bonchev–Trinajstić information content (AvgIpc) is 2.80. The van der Waals surface area contributed by atoms with Gasteiger partial charge in [-0.2, -0.15) is 0 Å². The molecule has 1 aliphatic rings. The van der Waals surface area contributed by atoms with Gasteiger partial charge in [0.25, 0.3) is 0 Å². The van der Waals surface area contributed by atoms with Crippen LogP contribution in [0.3, 0.4) is 0 Å². The average molecular weight is 404 g/mol. The lowest BCUT2D eigenvalue weighted by molar-refractivity contribution is 0.00578. The van der Waals surface area contributed by atoms with E-state index in [2.05, 4.69) is 4.98 Å². The maximum Gasteiger partial charge on any atom is 0.496 e. The van der Waals surface area contributed by atoms with Crippen LogP contribution in [-0.4, -0.2) is 35.9 Å². The molecule has 1 aromatic carbocycles. The van der Waals surface area contributed by atoms with E-state index in [1.807, 2.05) is 47.6 Å². The summed E-state index contributed by atoms with van der Waals surface area (Å²) in [7, 11) is -0.590. The molecule has 0 N–H and O–H groups in total. The lowest BCUT2D eigenvalue weighted by atomic mass is 9.77. The molecule has 0 amide bonds. The topological polar surface area (TPSA) is 57.7 Å². The number of hydrogen-bond acceptors (Lipinski definition) is 5. The smallest absolute Gasteiger partial charge is 0.462 e. The van der Waals surface area contributed by atoms with Crippen LogP contribution in [0, 0.1) is 0 Å². The van der Waals surface area contributed by atoms with Gasteiger partial charge in [-0.25, -0.2) is 4.79 Å². The minimum absolute atomic E-state index is 0.0947. The summed E-state index contributed by atoms with van der Waals surface area (Å²) >= 11 is 6.56. The van der Waals surface area contributed by atoms with Gasteiger partial charge in [0.1, 0.15) is 0 Å². The summed E-state index contributed by atoms with van der Waals surface area (Å²) in [5, 5.41) is 1.38. The quantitative estimate of drug-likeness (QED) is 0.556. The first-order chi connectivity index (χ1) is 13.0. The van der Waals surface area contributed by atoms with Gasteiger partial charge in [0.2, 0.25) is 0 Å². The van der Waals surface area contributed by atoms with Crippen molar-refractivity contribution in [3.63, 3.8) is 0 Å². The van der Waals surface area contributed by atoms with Crippen LogP contribution in [0.2, 0.25) is 5.02 Å². The van der Waals surface area contributed by atoms with Crippen molar-refractivity contribution < 1.29 is 18.8 Å². The Balaban J connectivity index is 2.18. The molecule has 1 fully saturated rings. The van der Waals surface area contributed by atoms with E-state index in [9.17, 15) is 4.79 Å². The Bertz CT molecular complexity index is 910. The van der Waals surface area contributed by atoms with E-state index in [1.54, 1.807) is 19.2 Å². The van der Waals surface area contributed by atoms with E-state index >= 15 is 0 Å². The maximum absolute atomic E-state index is 12.5. The lowest BCUT2D eigenvalue weighted by Crippen LogP contribution is -2.41. The number of nitrogens with zero attached hydrogens (tertiary/aromatic N) is 1. The lowest BCUT2D eigenvalue weighted by Gasteiger charge is -2.32. The standard InChI is InChI=1S/C21H27BClNO4/c1-8-26-19(25)14-11-24-17-10-16(23)15(9-13(17)18(14)12(2)3)22-27-20(4,5)21(6,7)28-22/h9-12H,8H2,1-7H3. The highest BCUT2D eigenvalue weighted by atomic mass is 35.5. The number of carbonyl (C=O) groups is 1. The van der Waals surface area contributed by atoms with E-state index in [-0.39, 0.29) is 11.9 Å². The fourth-order valence-electron chi connectivity index (χ4n) is 3.39. The maximum atomic E-state index is 12.5. The van der Waals surface area contributed by atoms with Crippen molar-refractivity contribution in [2.24, 2.45) is 0 Å². The van der Waals surface area contributed by atoms with E-state index in [0.717, 1.165) is 21.9 Å². The molecule has 1 aliphatic heterocycles. The molecule has 2 aromatic rings. The number of rotatable bonds is 4. The van der Waals surface area contributed by atoms with Gasteiger partial charge in [-0.05, 0) is 52.2 Å². The zero-order valence-electron chi connectivity index (χ0n) is 17.6. The highest BCUT2D eigenvalue weighted by Gasteiger charge is 2.52. The second kappa shape index (κ2) is 7.32. The van der Waals surface area contributed by atoms with Gasteiger partial charge in [-0.15, -0.1) is 0 Å². The third-order valence-corrected chi connectivity index (χ3v) is 5.94. The molecule has 3 rings (SSSR count). The third-order valence-electron chi connectivity index (χ3n) is 5.61. The number of aromatic nitrogens is 1. The van der Waals surface area contributed by atoms with Gasteiger partial charge in [0, 0.05) is 22.1 Å². The molecule has 1 aromatic heterocycles. The second-order valence-electron chi connectivity index (χ2n) is 8.44. The molecule has 0 atom stereocenters. The molecule has 0 radical (unpaired) electrons. The van der Waals surface area contributed by atoms with Crippen molar-refractivity contribution in [1.82, 2.24) is 4.98 Å². The minimum Gasteiger partial charge on any atom is -0.462 e.